The van der Waals surface area contributed by atoms with Crippen LogP contribution in [0.15, 0.2) is 84.9 Å². The predicted molar refractivity (Wildman–Crippen MR) is 153 cm³/mol. The number of esters is 1. The Morgan fingerprint density at radius 2 is 1.56 bits per heavy atom. The molecule has 1 aliphatic heterocycles. The third-order valence-corrected chi connectivity index (χ3v) is 6.99. The largest absolute Gasteiger partial charge is 0.454 e. The highest BCUT2D eigenvalue weighted by atomic mass is 35.5. The summed E-state index contributed by atoms with van der Waals surface area (Å²) < 4.78 is 5.09. The lowest BCUT2D eigenvalue weighted by Gasteiger charge is -2.16. The van der Waals surface area contributed by atoms with Gasteiger partial charge in [-0.3, -0.25) is 24.6 Å². The molecule has 41 heavy (non-hydrogen) atoms. The minimum absolute atomic E-state index is 0.111. The maximum atomic E-state index is 13.0. The molecular weight excluding hydrogens is 569 g/mol. The van der Waals surface area contributed by atoms with Crippen LogP contribution >= 0.6 is 23.2 Å². The Labute approximate surface area is 243 Å². The number of nitrogens with one attached hydrogen (secondary N) is 2. The van der Waals surface area contributed by atoms with Gasteiger partial charge in [-0.1, -0.05) is 53.5 Å². The van der Waals surface area contributed by atoms with E-state index in [1.807, 2.05) is 30.3 Å². The Balaban J connectivity index is 1.17. The lowest BCUT2D eigenvalue weighted by molar-refractivity contribution is -0.121. The van der Waals surface area contributed by atoms with Gasteiger partial charge in [0.1, 0.15) is 6.04 Å². The van der Waals surface area contributed by atoms with Crippen molar-refractivity contribution in [3.8, 4) is 0 Å². The van der Waals surface area contributed by atoms with Gasteiger partial charge in [-0.15, -0.1) is 0 Å². The van der Waals surface area contributed by atoms with Crippen LogP contribution in [-0.4, -0.2) is 42.1 Å². The van der Waals surface area contributed by atoms with Gasteiger partial charge in [0.2, 0.25) is 11.7 Å². The molecule has 1 aliphatic rings. The summed E-state index contributed by atoms with van der Waals surface area (Å²) in [4.78, 5) is 64.0. The lowest BCUT2D eigenvalue weighted by atomic mass is 10.1. The Bertz CT molecular complexity index is 1710. The molecule has 0 aromatic heterocycles. The first kappa shape index (κ1) is 28.0. The number of Topliss-reactive ketones (excluding diaryl/α,β-unsaturated/α-hetero) is 1. The summed E-state index contributed by atoms with van der Waals surface area (Å²) in [6, 6.07) is 21.8. The second-order valence-corrected chi connectivity index (χ2v) is 10.00. The third kappa shape index (κ3) is 6.12. The van der Waals surface area contributed by atoms with Gasteiger partial charge in [0.05, 0.1) is 22.7 Å². The van der Waals surface area contributed by atoms with E-state index < -0.39 is 42.1 Å². The fraction of sp³-hybridized carbons (Fsp3) is 0.100. The molecule has 0 saturated carbocycles. The van der Waals surface area contributed by atoms with Crippen LogP contribution < -0.4 is 15.8 Å². The highest BCUT2D eigenvalue weighted by Crippen LogP contribution is 2.24. The van der Waals surface area contributed by atoms with E-state index in [1.54, 1.807) is 12.1 Å². The van der Waals surface area contributed by atoms with Gasteiger partial charge >= 0.3 is 5.97 Å². The Kier molecular flexibility index (Phi) is 8.11. The first-order valence-electron chi connectivity index (χ1n) is 12.4. The average Bonchev–Trinajstić information content (AvgIpc) is 3.26. The molecule has 1 atom stereocenters. The summed E-state index contributed by atoms with van der Waals surface area (Å²) >= 11 is 11.9. The number of hydrazine groups is 1. The van der Waals surface area contributed by atoms with E-state index in [-0.39, 0.29) is 28.3 Å². The number of ketones is 1. The van der Waals surface area contributed by atoms with Crippen molar-refractivity contribution >= 4 is 69.1 Å². The molecule has 4 aromatic carbocycles. The predicted octanol–water partition coefficient (Wildman–Crippen LogP) is 4.75. The molecule has 4 aromatic rings. The average molecular weight is 590 g/mol. The van der Waals surface area contributed by atoms with Crippen LogP contribution in [0.5, 0.6) is 0 Å². The molecule has 0 bridgehead atoms. The zero-order valence-corrected chi connectivity index (χ0v) is 22.7. The smallest absolute Gasteiger partial charge is 0.338 e. The summed E-state index contributed by atoms with van der Waals surface area (Å²) in [5, 5.41) is 2.39. The molecule has 2 N–H and O–H groups in total. The van der Waals surface area contributed by atoms with Crippen LogP contribution in [0.2, 0.25) is 10.0 Å². The molecule has 1 unspecified atom stereocenters. The number of carbonyl (C=O) groups excluding carboxylic acids is 5. The second-order valence-electron chi connectivity index (χ2n) is 9.15. The molecule has 0 spiro atoms. The van der Waals surface area contributed by atoms with Gasteiger partial charge in [-0.2, -0.15) is 0 Å². The number of anilines is 1. The number of benzene rings is 4. The number of imide groups is 1. The summed E-state index contributed by atoms with van der Waals surface area (Å²) in [6.07, 6.45) is -0.171. The molecule has 3 amide bonds. The van der Waals surface area contributed by atoms with Gasteiger partial charge < -0.3 is 4.74 Å². The number of hydrogen-bond donors (Lipinski definition) is 2. The summed E-state index contributed by atoms with van der Waals surface area (Å²) in [7, 11) is 0. The molecule has 206 valence electrons. The van der Waals surface area contributed by atoms with Crippen molar-refractivity contribution in [2.75, 3.05) is 11.5 Å². The van der Waals surface area contributed by atoms with Crippen molar-refractivity contribution in [3.63, 3.8) is 0 Å². The van der Waals surface area contributed by atoms with Crippen LogP contribution in [0.1, 0.15) is 37.5 Å². The van der Waals surface area contributed by atoms with Crippen LogP contribution in [0.25, 0.3) is 10.8 Å². The van der Waals surface area contributed by atoms with Gasteiger partial charge in [0, 0.05) is 16.1 Å². The second kappa shape index (κ2) is 11.9. The highest BCUT2D eigenvalue weighted by molar-refractivity contribution is 6.37. The molecular formula is C30H21Cl2N3O6. The Morgan fingerprint density at radius 3 is 2.29 bits per heavy atom. The first-order valence-corrected chi connectivity index (χ1v) is 13.1. The summed E-state index contributed by atoms with van der Waals surface area (Å²) in [6.45, 7) is -0.538. The van der Waals surface area contributed by atoms with Gasteiger partial charge in [0.15, 0.2) is 6.61 Å². The minimum Gasteiger partial charge on any atom is -0.454 e. The number of ether oxygens (including phenoxy) is 1. The lowest BCUT2D eigenvalue weighted by Crippen LogP contribution is -2.48. The van der Waals surface area contributed by atoms with E-state index in [4.69, 9.17) is 27.9 Å². The molecule has 0 aliphatic carbocycles. The van der Waals surface area contributed by atoms with Gasteiger partial charge in [0.25, 0.3) is 11.8 Å². The maximum Gasteiger partial charge on any atom is 0.338 e. The number of hydrogen-bond acceptors (Lipinski definition) is 7. The number of halogens is 2. The highest BCUT2D eigenvalue weighted by Gasteiger charge is 2.39. The quantitative estimate of drug-likeness (QED) is 0.131. The molecule has 1 saturated heterocycles. The molecule has 1 fully saturated rings. The van der Waals surface area contributed by atoms with Crippen molar-refractivity contribution < 1.29 is 28.7 Å². The third-order valence-electron chi connectivity index (χ3n) is 6.45. The fourth-order valence-corrected chi connectivity index (χ4v) is 4.84. The van der Waals surface area contributed by atoms with Crippen LogP contribution in [0, 0.1) is 0 Å². The number of fused-ring (bicyclic) bond motifs is 1. The zero-order valence-electron chi connectivity index (χ0n) is 21.2. The molecule has 9 nitrogen and oxygen atoms in total. The van der Waals surface area contributed by atoms with Crippen LogP contribution in [0.4, 0.5) is 5.69 Å². The molecule has 11 heteroatoms. The topological polar surface area (TPSA) is 122 Å². The number of nitrogens with zero attached hydrogens (tertiary/aromatic N) is 1. The van der Waals surface area contributed by atoms with E-state index in [1.165, 1.54) is 42.5 Å². The molecule has 0 radical (unpaired) electrons. The summed E-state index contributed by atoms with van der Waals surface area (Å²) in [5.74, 6) is -2.77. The number of amides is 3. The van der Waals surface area contributed by atoms with E-state index in [9.17, 15) is 24.0 Å². The van der Waals surface area contributed by atoms with E-state index in [0.717, 1.165) is 15.7 Å². The van der Waals surface area contributed by atoms with Crippen molar-refractivity contribution in [2.45, 2.75) is 12.5 Å². The number of rotatable bonds is 8. The maximum absolute atomic E-state index is 13.0. The monoisotopic (exact) mass is 589 g/mol. The van der Waals surface area contributed by atoms with Gasteiger partial charge in [-0.05, 0) is 65.4 Å². The van der Waals surface area contributed by atoms with E-state index in [0.29, 0.717) is 10.6 Å². The minimum atomic E-state index is -0.970. The van der Waals surface area contributed by atoms with Crippen molar-refractivity contribution in [1.29, 1.82) is 0 Å². The van der Waals surface area contributed by atoms with E-state index >= 15 is 0 Å². The van der Waals surface area contributed by atoms with Crippen molar-refractivity contribution in [3.05, 3.63) is 112 Å². The van der Waals surface area contributed by atoms with Crippen molar-refractivity contribution in [1.82, 2.24) is 10.9 Å². The standard InChI is InChI=1S/C30H21Cl2N3O6/c31-21-9-12-23(24(32)14-21)26(36)16-41-30(40)18-7-10-22(11-8-18)35-27(37)15-25(29(35)39)33-34-28(38)20-6-5-17-3-1-2-4-19(17)13-20/h1-14,25,33H,15-16H2,(H,34,38). The summed E-state index contributed by atoms with van der Waals surface area (Å²) in [5.41, 5.74) is 6.07. The SMILES string of the molecule is O=C(NNC1CC(=O)N(c2ccc(C(=O)OCC(=O)c3ccc(Cl)cc3Cl)cc2)C1=O)c1ccc2ccccc2c1. The van der Waals surface area contributed by atoms with Crippen LogP contribution in [-0.2, 0) is 14.3 Å². The normalized spacial score (nSPS) is 14.8. The Morgan fingerprint density at radius 1 is 0.854 bits per heavy atom. The van der Waals surface area contributed by atoms with Crippen molar-refractivity contribution in [2.24, 2.45) is 0 Å². The van der Waals surface area contributed by atoms with Gasteiger partial charge in [-0.25, -0.2) is 15.1 Å². The molecule has 1 heterocycles. The van der Waals surface area contributed by atoms with Crippen LogP contribution in [0.3, 0.4) is 0 Å². The number of carbonyl (C=O) groups is 5. The Hall–Kier alpha value is -4.57. The molecule has 5 rings (SSSR count). The zero-order chi connectivity index (χ0) is 29.1. The van der Waals surface area contributed by atoms with E-state index in [2.05, 4.69) is 10.9 Å². The first-order chi connectivity index (χ1) is 19.7. The fourth-order valence-electron chi connectivity index (χ4n) is 4.33.